The molecule has 0 fully saturated rings. The van der Waals surface area contributed by atoms with Crippen molar-refractivity contribution in [2.24, 2.45) is 0 Å². The van der Waals surface area contributed by atoms with E-state index in [0.717, 1.165) is 35.6 Å². The van der Waals surface area contributed by atoms with Gasteiger partial charge in [0.25, 0.3) is 0 Å². The van der Waals surface area contributed by atoms with Gasteiger partial charge in [-0.1, -0.05) is 47.8 Å². The lowest BCUT2D eigenvalue weighted by Crippen LogP contribution is -2.10. The average Bonchev–Trinajstić information content (AvgIpc) is 2.45. The van der Waals surface area contributed by atoms with E-state index in [2.05, 4.69) is 15.3 Å². The maximum atomic E-state index is 6.16. The van der Waals surface area contributed by atoms with Crippen molar-refractivity contribution >= 4 is 40.6 Å². The molecule has 1 aromatic carbocycles. The second-order valence-corrected chi connectivity index (χ2v) is 5.87. The monoisotopic (exact) mass is 343 g/mol. The largest absolute Gasteiger partial charge is 0.369 e. The lowest BCUT2D eigenvalue weighted by molar-refractivity contribution is 0.915. The molecular weight excluding hydrogens is 329 g/mol. The van der Waals surface area contributed by atoms with Gasteiger partial charge in [0.05, 0.1) is 0 Å². The van der Waals surface area contributed by atoms with Gasteiger partial charge in [0.15, 0.2) is 0 Å². The maximum absolute atomic E-state index is 6.16. The summed E-state index contributed by atoms with van der Waals surface area (Å²) < 4.78 is 0. The van der Waals surface area contributed by atoms with Crippen molar-refractivity contribution in [2.75, 3.05) is 11.9 Å². The summed E-state index contributed by atoms with van der Waals surface area (Å²) in [4.78, 5) is 8.68. The zero-order chi connectivity index (χ0) is 15.4. The quantitative estimate of drug-likeness (QED) is 0.779. The van der Waals surface area contributed by atoms with Crippen LogP contribution in [-0.2, 0) is 12.8 Å². The van der Waals surface area contributed by atoms with Gasteiger partial charge in [0, 0.05) is 28.6 Å². The van der Waals surface area contributed by atoms with E-state index >= 15 is 0 Å². The van der Waals surface area contributed by atoms with Crippen LogP contribution in [0.25, 0.3) is 0 Å². The first-order valence-electron chi connectivity index (χ1n) is 6.72. The first-order chi connectivity index (χ1) is 10.0. The van der Waals surface area contributed by atoms with Crippen LogP contribution in [0.15, 0.2) is 18.2 Å². The fraction of sp³-hybridized carbons (Fsp3) is 0.333. The third-order valence-corrected chi connectivity index (χ3v) is 4.11. The first kappa shape index (κ1) is 16.3. The molecule has 1 aromatic heterocycles. The van der Waals surface area contributed by atoms with Gasteiger partial charge < -0.3 is 5.32 Å². The molecule has 0 spiro atoms. The van der Waals surface area contributed by atoms with Crippen LogP contribution in [0.3, 0.4) is 0 Å². The van der Waals surface area contributed by atoms with E-state index in [9.17, 15) is 0 Å². The molecule has 3 nitrogen and oxygen atoms in total. The standard InChI is InChI=1S/C15H16Cl3N3/c1-3-13-20-14(18)9(2)15(21-13)19-7-6-10-4-5-11(16)8-12(10)17/h4-5,8H,3,6-7H2,1-2H3,(H,19,20,21). The number of benzene rings is 1. The van der Waals surface area contributed by atoms with Crippen LogP contribution in [0.4, 0.5) is 5.82 Å². The zero-order valence-electron chi connectivity index (χ0n) is 11.9. The molecule has 0 atom stereocenters. The van der Waals surface area contributed by atoms with Gasteiger partial charge in [-0.15, -0.1) is 0 Å². The van der Waals surface area contributed by atoms with Gasteiger partial charge in [-0.3, -0.25) is 0 Å². The van der Waals surface area contributed by atoms with Gasteiger partial charge in [0.1, 0.15) is 16.8 Å². The summed E-state index contributed by atoms with van der Waals surface area (Å²) in [6, 6.07) is 5.52. The molecule has 2 aromatic rings. The van der Waals surface area contributed by atoms with Crippen LogP contribution in [0.1, 0.15) is 23.9 Å². The molecule has 112 valence electrons. The summed E-state index contributed by atoms with van der Waals surface area (Å²) in [5.41, 5.74) is 1.90. The molecule has 0 aliphatic carbocycles. The molecule has 0 unspecified atom stereocenters. The van der Waals surface area contributed by atoms with E-state index in [0.29, 0.717) is 21.7 Å². The van der Waals surface area contributed by atoms with Crippen LogP contribution >= 0.6 is 34.8 Å². The van der Waals surface area contributed by atoms with Crippen molar-refractivity contribution in [3.63, 3.8) is 0 Å². The Bertz CT molecular complexity index is 644. The predicted octanol–water partition coefficient (Wildman–Crippen LogP) is 4.96. The van der Waals surface area contributed by atoms with Crippen LogP contribution in [0, 0.1) is 6.92 Å². The molecular formula is C15H16Cl3N3. The van der Waals surface area contributed by atoms with Crippen LogP contribution in [-0.4, -0.2) is 16.5 Å². The van der Waals surface area contributed by atoms with E-state index in [-0.39, 0.29) is 0 Å². The Balaban J connectivity index is 2.05. The molecule has 0 aliphatic heterocycles. The lowest BCUT2D eigenvalue weighted by Gasteiger charge is -2.11. The highest BCUT2D eigenvalue weighted by Crippen LogP contribution is 2.23. The SMILES string of the molecule is CCc1nc(Cl)c(C)c(NCCc2ccc(Cl)cc2Cl)n1. The molecule has 0 aliphatic rings. The van der Waals surface area contributed by atoms with Gasteiger partial charge >= 0.3 is 0 Å². The molecule has 1 heterocycles. The normalized spacial score (nSPS) is 10.7. The van der Waals surface area contributed by atoms with Gasteiger partial charge in [-0.2, -0.15) is 0 Å². The Labute approximate surface area is 139 Å². The van der Waals surface area contributed by atoms with Gasteiger partial charge in [-0.05, 0) is 31.0 Å². The molecule has 0 saturated carbocycles. The van der Waals surface area contributed by atoms with Gasteiger partial charge in [-0.25, -0.2) is 9.97 Å². The number of hydrogen-bond donors (Lipinski definition) is 1. The van der Waals surface area contributed by atoms with E-state index < -0.39 is 0 Å². The number of aryl methyl sites for hydroxylation is 1. The van der Waals surface area contributed by atoms with Crippen molar-refractivity contribution in [3.05, 3.63) is 50.3 Å². The van der Waals surface area contributed by atoms with Crippen LogP contribution in [0.2, 0.25) is 15.2 Å². The predicted molar refractivity (Wildman–Crippen MR) is 89.8 cm³/mol. The highest BCUT2D eigenvalue weighted by molar-refractivity contribution is 6.35. The van der Waals surface area contributed by atoms with Crippen molar-refractivity contribution in [1.29, 1.82) is 0 Å². The number of nitrogens with zero attached hydrogens (tertiary/aromatic N) is 2. The van der Waals surface area contributed by atoms with Crippen LogP contribution in [0.5, 0.6) is 0 Å². The van der Waals surface area contributed by atoms with Crippen molar-refractivity contribution in [3.8, 4) is 0 Å². The zero-order valence-corrected chi connectivity index (χ0v) is 14.1. The topological polar surface area (TPSA) is 37.8 Å². The van der Waals surface area contributed by atoms with E-state index in [1.165, 1.54) is 0 Å². The van der Waals surface area contributed by atoms with Crippen molar-refractivity contribution in [1.82, 2.24) is 9.97 Å². The summed E-state index contributed by atoms with van der Waals surface area (Å²) in [7, 11) is 0. The second-order valence-electron chi connectivity index (χ2n) is 4.67. The number of rotatable bonds is 5. The Hall–Kier alpha value is -1.03. The minimum absolute atomic E-state index is 0.494. The fourth-order valence-electron chi connectivity index (χ4n) is 1.90. The fourth-order valence-corrected chi connectivity index (χ4v) is 2.59. The Kier molecular flexibility index (Phi) is 5.68. The minimum Gasteiger partial charge on any atom is -0.369 e. The average molecular weight is 345 g/mol. The Morgan fingerprint density at radius 3 is 2.57 bits per heavy atom. The summed E-state index contributed by atoms with van der Waals surface area (Å²) in [5.74, 6) is 1.51. The molecule has 0 amide bonds. The molecule has 2 rings (SSSR count). The highest BCUT2D eigenvalue weighted by atomic mass is 35.5. The summed E-state index contributed by atoms with van der Waals surface area (Å²) in [5, 5.41) is 5.10. The lowest BCUT2D eigenvalue weighted by atomic mass is 10.1. The molecule has 0 saturated heterocycles. The third-order valence-electron chi connectivity index (χ3n) is 3.15. The number of halogens is 3. The highest BCUT2D eigenvalue weighted by Gasteiger charge is 2.08. The van der Waals surface area contributed by atoms with Crippen molar-refractivity contribution < 1.29 is 0 Å². The summed E-state index contributed by atoms with van der Waals surface area (Å²) >= 11 is 18.2. The number of aromatic nitrogens is 2. The summed E-state index contributed by atoms with van der Waals surface area (Å²) in [6.07, 6.45) is 1.52. The number of anilines is 1. The molecule has 1 N–H and O–H groups in total. The number of nitrogens with one attached hydrogen (secondary N) is 1. The van der Waals surface area contributed by atoms with E-state index in [4.69, 9.17) is 34.8 Å². The third kappa shape index (κ3) is 4.22. The Morgan fingerprint density at radius 1 is 1.14 bits per heavy atom. The first-order valence-corrected chi connectivity index (χ1v) is 7.85. The molecule has 0 radical (unpaired) electrons. The molecule has 6 heteroatoms. The van der Waals surface area contributed by atoms with Crippen molar-refractivity contribution in [2.45, 2.75) is 26.7 Å². The van der Waals surface area contributed by atoms with Crippen LogP contribution < -0.4 is 5.32 Å². The second kappa shape index (κ2) is 7.30. The van der Waals surface area contributed by atoms with E-state index in [1.807, 2.05) is 26.0 Å². The Morgan fingerprint density at radius 2 is 1.90 bits per heavy atom. The maximum Gasteiger partial charge on any atom is 0.137 e. The number of hydrogen-bond acceptors (Lipinski definition) is 3. The molecule has 21 heavy (non-hydrogen) atoms. The smallest absolute Gasteiger partial charge is 0.137 e. The van der Waals surface area contributed by atoms with Gasteiger partial charge in [0.2, 0.25) is 0 Å². The molecule has 0 bridgehead atoms. The minimum atomic E-state index is 0.494. The summed E-state index contributed by atoms with van der Waals surface area (Å²) in [6.45, 7) is 4.61. The van der Waals surface area contributed by atoms with E-state index in [1.54, 1.807) is 6.07 Å².